The van der Waals surface area contributed by atoms with Crippen LogP contribution >= 0.6 is 0 Å². The highest BCUT2D eigenvalue weighted by Gasteiger charge is 2.28. The van der Waals surface area contributed by atoms with Crippen molar-refractivity contribution < 1.29 is 17.9 Å². The van der Waals surface area contributed by atoms with E-state index in [2.05, 4.69) is 5.32 Å². The summed E-state index contributed by atoms with van der Waals surface area (Å²) in [5.74, 6) is 1.44. The molecule has 2 heterocycles. The molecule has 5 nitrogen and oxygen atoms in total. The zero-order valence-corrected chi connectivity index (χ0v) is 12.3. The lowest BCUT2D eigenvalue weighted by atomic mass is 9.91. The number of hydrogen-bond donors (Lipinski definition) is 1. The second kappa shape index (κ2) is 5.26. The summed E-state index contributed by atoms with van der Waals surface area (Å²) < 4.78 is 34.9. The highest BCUT2D eigenvalue weighted by atomic mass is 32.2. The minimum absolute atomic E-state index is 0.0919. The fourth-order valence-electron chi connectivity index (χ4n) is 2.95. The molecule has 1 saturated heterocycles. The highest BCUT2D eigenvalue weighted by molar-refractivity contribution is 7.90. The van der Waals surface area contributed by atoms with Crippen LogP contribution in [0.25, 0.3) is 0 Å². The molecular weight excluding hydrogens is 278 g/mol. The summed E-state index contributed by atoms with van der Waals surface area (Å²) in [6, 6.07) is 3.68. The standard InChI is InChI=1S/C14H19NO4S/c1-20(16,17)14-11(8-10-4-6-15-7-5-10)2-3-12-13(14)19-9-18-12/h2-3,10,15H,4-9H2,1H3. The molecule has 0 saturated carbocycles. The van der Waals surface area contributed by atoms with E-state index in [1.165, 1.54) is 6.26 Å². The molecule has 0 radical (unpaired) electrons. The fourth-order valence-corrected chi connectivity index (χ4v) is 4.08. The van der Waals surface area contributed by atoms with Crippen molar-refractivity contribution in [3.8, 4) is 11.5 Å². The highest BCUT2D eigenvalue weighted by Crippen LogP contribution is 2.41. The zero-order valence-electron chi connectivity index (χ0n) is 11.5. The molecule has 6 heteroatoms. The molecule has 0 amide bonds. The van der Waals surface area contributed by atoms with Crippen molar-refractivity contribution in [3.05, 3.63) is 17.7 Å². The van der Waals surface area contributed by atoms with Crippen LogP contribution < -0.4 is 14.8 Å². The molecule has 1 aromatic carbocycles. The van der Waals surface area contributed by atoms with Gasteiger partial charge >= 0.3 is 0 Å². The first kappa shape index (κ1) is 13.7. The molecule has 0 aromatic heterocycles. The van der Waals surface area contributed by atoms with Crippen LogP contribution in [-0.2, 0) is 16.3 Å². The van der Waals surface area contributed by atoms with Gasteiger partial charge in [0.2, 0.25) is 6.79 Å². The van der Waals surface area contributed by atoms with Crippen LogP contribution in [0.15, 0.2) is 17.0 Å². The predicted octanol–water partition coefficient (Wildman–Crippen LogP) is 1.36. The zero-order chi connectivity index (χ0) is 14.2. The molecule has 0 unspecified atom stereocenters. The van der Waals surface area contributed by atoms with Gasteiger partial charge in [-0.25, -0.2) is 8.42 Å². The topological polar surface area (TPSA) is 64.6 Å². The maximum Gasteiger partial charge on any atom is 0.231 e. The number of sulfone groups is 1. The molecule has 20 heavy (non-hydrogen) atoms. The van der Waals surface area contributed by atoms with Gasteiger partial charge in [0, 0.05) is 6.26 Å². The minimum Gasteiger partial charge on any atom is -0.454 e. The Morgan fingerprint density at radius 1 is 1.25 bits per heavy atom. The Hall–Kier alpha value is -1.27. The SMILES string of the molecule is CS(=O)(=O)c1c(CC2CCNCC2)ccc2c1OCO2. The van der Waals surface area contributed by atoms with Crippen molar-refractivity contribution in [1.82, 2.24) is 5.32 Å². The molecule has 110 valence electrons. The number of fused-ring (bicyclic) bond motifs is 1. The van der Waals surface area contributed by atoms with Crippen LogP contribution in [0.3, 0.4) is 0 Å². The predicted molar refractivity (Wildman–Crippen MR) is 75.0 cm³/mol. The molecular formula is C14H19NO4S. The van der Waals surface area contributed by atoms with Crippen LogP contribution in [-0.4, -0.2) is 34.6 Å². The van der Waals surface area contributed by atoms with E-state index in [1.807, 2.05) is 12.1 Å². The number of hydrogen-bond acceptors (Lipinski definition) is 5. The Bertz CT molecular complexity index is 606. The molecule has 0 spiro atoms. The van der Waals surface area contributed by atoms with Gasteiger partial charge < -0.3 is 14.8 Å². The van der Waals surface area contributed by atoms with E-state index in [-0.39, 0.29) is 6.79 Å². The Kier molecular flexibility index (Phi) is 3.60. The van der Waals surface area contributed by atoms with E-state index in [1.54, 1.807) is 0 Å². The summed E-state index contributed by atoms with van der Waals surface area (Å²) in [6.07, 6.45) is 4.17. The maximum atomic E-state index is 12.1. The number of benzene rings is 1. The first-order chi connectivity index (χ1) is 9.55. The molecule has 1 N–H and O–H groups in total. The second-order valence-corrected chi connectivity index (χ2v) is 7.41. The molecule has 2 aliphatic rings. The van der Waals surface area contributed by atoms with Crippen LogP contribution in [0.4, 0.5) is 0 Å². The molecule has 0 atom stereocenters. The maximum absolute atomic E-state index is 12.1. The number of piperidine rings is 1. The average Bonchev–Trinajstić information content (AvgIpc) is 2.86. The normalized spacial score (nSPS) is 19.2. The first-order valence-corrected chi connectivity index (χ1v) is 8.77. The third kappa shape index (κ3) is 2.62. The average molecular weight is 297 g/mol. The van der Waals surface area contributed by atoms with Gasteiger partial charge in [-0.15, -0.1) is 0 Å². The van der Waals surface area contributed by atoms with Gasteiger partial charge in [0.05, 0.1) is 0 Å². The molecule has 1 aromatic rings. The van der Waals surface area contributed by atoms with E-state index < -0.39 is 9.84 Å². The third-order valence-electron chi connectivity index (χ3n) is 3.91. The molecule has 0 aliphatic carbocycles. The number of ether oxygens (including phenoxy) is 2. The van der Waals surface area contributed by atoms with E-state index in [0.717, 1.165) is 37.9 Å². The minimum atomic E-state index is -3.33. The van der Waals surface area contributed by atoms with Gasteiger partial charge in [-0.2, -0.15) is 0 Å². The van der Waals surface area contributed by atoms with Gasteiger partial charge in [-0.3, -0.25) is 0 Å². The summed E-state index contributed by atoms with van der Waals surface area (Å²) in [5.41, 5.74) is 0.851. The van der Waals surface area contributed by atoms with Crippen molar-refractivity contribution >= 4 is 9.84 Å². The van der Waals surface area contributed by atoms with Crippen molar-refractivity contribution in [2.45, 2.75) is 24.2 Å². The Morgan fingerprint density at radius 2 is 2.00 bits per heavy atom. The monoisotopic (exact) mass is 297 g/mol. The van der Waals surface area contributed by atoms with E-state index >= 15 is 0 Å². The van der Waals surface area contributed by atoms with Gasteiger partial charge in [0.1, 0.15) is 4.90 Å². The lowest BCUT2D eigenvalue weighted by molar-refractivity contribution is 0.172. The lowest BCUT2D eigenvalue weighted by Crippen LogP contribution is -2.29. The van der Waals surface area contributed by atoms with Gasteiger partial charge in [0.25, 0.3) is 0 Å². The van der Waals surface area contributed by atoms with Gasteiger partial charge in [-0.1, -0.05) is 6.07 Å². The summed E-state index contributed by atoms with van der Waals surface area (Å²) in [4.78, 5) is 0.311. The summed E-state index contributed by atoms with van der Waals surface area (Å²) in [5, 5.41) is 3.32. The van der Waals surface area contributed by atoms with Crippen molar-refractivity contribution in [2.24, 2.45) is 5.92 Å². The van der Waals surface area contributed by atoms with Crippen LogP contribution in [0.5, 0.6) is 11.5 Å². The smallest absolute Gasteiger partial charge is 0.231 e. The van der Waals surface area contributed by atoms with E-state index in [0.29, 0.717) is 22.3 Å². The second-order valence-electron chi connectivity index (χ2n) is 5.46. The third-order valence-corrected chi connectivity index (χ3v) is 5.10. The largest absolute Gasteiger partial charge is 0.454 e. The van der Waals surface area contributed by atoms with E-state index in [9.17, 15) is 8.42 Å². The van der Waals surface area contributed by atoms with Crippen molar-refractivity contribution in [2.75, 3.05) is 26.1 Å². The van der Waals surface area contributed by atoms with Gasteiger partial charge in [0.15, 0.2) is 21.3 Å². The van der Waals surface area contributed by atoms with Crippen LogP contribution in [0.1, 0.15) is 18.4 Å². The summed E-state index contributed by atoms with van der Waals surface area (Å²) in [7, 11) is -3.33. The first-order valence-electron chi connectivity index (χ1n) is 6.88. The lowest BCUT2D eigenvalue weighted by Gasteiger charge is -2.23. The summed E-state index contributed by atoms with van der Waals surface area (Å²) in [6.45, 7) is 2.10. The number of nitrogens with one attached hydrogen (secondary N) is 1. The van der Waals surface area contributed by atoms with Crippen molar-refractivity contribution in [3.63, 3.8) is 0 Å². The number of rotatable bonds is 3. The quantitative estimate of drug-likeness (QED) is 0.912. The van der Waals surface area contributed by atoms with Crippen LogP contribution in [0, 0.1) is 5.92 Å². The molecule has 0 bridgehead atoms. The molecule has 3 rings (SSSR count). The summed E-state index contributed by atoms with van der Waals surface area (Å²) >= 11 is 0. The Balaban J connectivity index is 1.98. The van der Waals surface area contributed by atoms with E-state index in [4.69, 9.17) is 9.47 Å². The Labute approximate surface area is 119 Å². The molecule has 1 fully saturated rings. The molecule has 2 aliphatic heterocycles. The fraction of sp³-hybridized carbons (Fsp3) is 0.571. The van der Waals surface area contributed by atoms with Gasteiger partial charge in [-0.05, 0) is 49.9 Å². The van der Waals surface area contributed by atoms with Crippen LogP contribution in [0.2, 0.25) is 0 Å². The van der Waals surface area contributed by atoms with Crippen molar-refractivity contribution in [1.29, 1.82) is 0 Å². The Morgan fingerprint density at radius 3 is 2.70 bits per heavy atom.